The molecule has 3 aliphatic heterocycles. The molecule has 0 unspecified atom stereocenters. The summed E-state index contributed by atoms with van der Waals surface area (Å²) in [7, 11) is 0. The van der Waals surface area contributed by atoms with E-state index in [1.165, 1.54) is 18.3 Å². The van der Waals surface area contributed by atoms with E-state index in [2.05, 4.69) is 15.0 Å². The predicted molar refractivity (Wildman–Crippen MR) is 166 cm³/mol. The molecule has 254 valence electrons. The summed E-state index contributed by atoms with van der Waals surface area (Å²) in [5, 5.41) is -0.234. The second-order valence-corrected chi connectivity index (χ2v) is 13.3. The van der Waals surface area contributed by atoms with E-state index in [0.717, 1.165) is 12.5 Å². The molecule has 4 aromatic rings. The van der Waals surface area contributed by atoms with Crippen LogP contribution in [0.1, 0.15) is 46.8 Å². The summed E-state index contributed by atoms with van der Waals surface area (Å²) in [6, 6.07) is 2.10. The summed E-state index contributed by atoms with van der Waals surface area (Å²) in [5.74, 6) is -4.23. The highest BCUT2D eigenvalue weighted by Gasteiger charge is 2.56. The van der Waals surface area contributed by atoms with Gasteiger partial charge in [-0.3, -0.25) is 9.88 Å². The van der Waals surface area contributed by atoms with Crippen LogP contribution in [0.4, 0.5) is 42.2 Å². The van der Waals surface area contributed by atoms with Gasteiger partial charge in [-0.2, -0.15) is 9.97 Å². The van der Waals surface area contributed by atoms with Crippen molar-refractivity contribution in [2.75, 3.05) is 36.8 Å². The lowest BCUT2D eigenvalue weighted by molar-refractivity contribution is 0.107. The van der Waals surface area contributed by atoms with Gasteiger partial charge in [0.25, 0.3) is 0 Å². The van der Waals surface area contributed by atoms with Gasteiger partial charge >= 0.3 is 6.01 Å². The SMILES string of the molecule is [2H]C([2H])(Oc1nc(N2CCCC[C@H]3[C@H](F)[C@H]32)c2cnc(-c3cc(N)cc4cc(F)c(F)c(CC(F)F)c34)c(F)c2n1)[C@@]12CCCN1C[C@H](F)C2. The Balaban J connectivity index is 1.33. The third-order valence-electron chi connectivity index (χ3n) is 10.3. The zero-order valence-electron chi connectivity index (χ0n) is 27.6. The second-order valence-electron chi connectivity index (χ2n) is 13.3. The van der Waals surface area contributed by atoms with Gasteiger partial charge in [0.2, 0.25) is 6.43 Å². The van der Waals surface area contributed by atoms with E-state index in [-0.39, 0.29) is 52.1 Å². The monoisotopic (exact) mass is 676 g/mol. The molecule has 1 aliphatic carbocycles. The molecule has 4 fully saturated rings. The van der Waals surface area contributed by atoms with Gasteiger partial charge in [-0.05, 0) is 61.2 Å². The molecule has 14 heteroatoms. The number of halogens is 7. The maximum atomic E-state index is 17.0. The molecule has 2 aromatic heterocycles. The van der Waals surface area contributed by atoms with Crippen LogP contribution < -0.4 is 15.4 Å². The van der Waals surface area contributed by atoms with Gasteiger partial charge in [-0.25, -0.2) is 30.7 Å². The van der Waals surface area contributed by atoms with E-state index in [9.17, 15) is 17.6 Å². The fourth-order valence-electron chi connectivity index (χ4n) is 8.11. The summed E-state index contributed by atoms with van der Waals surface area (Å²) < 4.78 is 127. The van der Waals surface area contributed by atoms with Crippen molar-refractivity contribution in [1.29, 1.82) is 0 Å². The fraction of sp³-hybridized carbons (Fsp3) is 0.500. The Morgan fingerprint density at radius 2 is 1.90 bits per heavy atom. The van der Waals surface area contributed by atoms with Gasteiger partial charge in [-0.15, -0.1) is 0 Å². The molecule has 7 nitrogen and oxygen atoms in total. The maximum absolute atomic E-state index is 17.0. The van der Waals surface area contributed by atoms with E-state index < -0.39 is 83.6 Å². The smallest absolute Gasteiger partial charge is 0.319 e. The quantitative estimate of drug-likeness (QED) is 0.168. The van der Waals surface area contributed by atoms with Crippen LogP contribution in [0.25, 0.3) is 32.9 Å². The van der Waals surface area contributed by atoms with Gasteiger partial charge in [0, 0.05) is 54.9 Å². The normalized spacial score (nSPS) is 28.0. The number of nitrogens with two attached hydrogens (primary N) is 1. The minimum absolute atomic E-state index is 0.00942. The topological polar surface area (TPSA) is 80.4 Å². The predicted octanol–water partition coefficient (Wildman–Crippen LogP) is 6.93. The van der Waals surface area contributed by atoms with Crippen molar-refractivity contribution in [2.45, 2.75) is 75.3 Å². The highest BCUT2D eigenvalue weighted by atomic mass is 19.3. The number of fused-ring (bicyclic) bond motifs is 4. The van der Waals surface area contributed by atoms with Crippen molar-refractivity contribution in [3.63, 3.8) is 0 Å². The number of hydrogen-bond acceptors (Lipinski definition) is 7. The number of hydrogen-bond donors (Lipinski definition) is 1. The van der Waals surface area contributed by atoms with E-state index >= 15 is 13.2 Å². The van der Waals surface area contributed by atoms with Crippen molar-refractivity contribution < 1.29 is 38.2 Å². The minimum Gasteiger partial charge on any atom is -0.461 e. The van der Waals surface area contributed by atoms with Gasteiger partial charge < -0.3 is 15.4 Å². The molecular weight excluding hydrogens is 641 g/mol. The van der Waals surface area contributed by atoms with Crippen LogP contribution in [0.15, 0.2) is 24.4 Å². The number of nitrogens with zero attached hydrogens (tertiary/aromatic N) is 5. The molecule has 0 amide bonds. The first-order chi connectivity index (χ1) is 23.8. The average molecular weight is 677 g/mol. The molecule has 2 N–H and O–H groups in total. The number of nitrogen functional groups attached to an aromatic ring is 1. The molecule has 2 aromatic carbocycles. The lowest BCUT2D eigenvalue weighted by Gasteiger charge is -2.31. The molecule has 1 saturated carbocycles. The van der Waals surface area contributed by atoms with E-state index in [1.54, 1.807) is 9.80 Å². The van der Waals surface area contributed by atoms with Crippen molar-refractivity contribution >= 4 is 33.2 Å². The summed E-state index contributed by atoms with van der Waals surface area (Å²) >= 11 is 0. The van der Waals surface area contributed by atoms with E-state index in [0.29, 0.717) is 38.8 Å². The number of pyridine rings is 1. The molecule has 3 saturated heterocycles. The molecule has 8 rings (SSSR count). The molecule has 48 heavy (non-hydrogen) atoms. The largest absolute Gasteiger partial charge is 0.461 e. The molecular formula is C34H33F7N6O. The van der Waals surface area contributed by atoms with Crippen LogP contribution in [-0.2, 0) is 6.42 Å². The zero-order valence-corrected chi connectivity index (χ0v) is 25.6. The van der Waals surface area contributed by atoms with Gasteiger partial charge in [0.05, 0.1) is 19.7 Å². The maximum Gasteiger partial charge on any atom is 0.319 e. The fourth-order valence-corrected chi connectivity index (χ4v) is 8.11. The summed E-state index contributed by atoms with van der Waals surface area (Å²) in [6.07, 6.45) is -2.58. The van der Waals surface area contributed by atoms with Crippen molar-refractivity contribution in [2.24, 2.45) is 5.92 Å². The molecule has 0 spiro atoms. The van der Waals surface area contributed by atoms with Gasteiger partial charge in [0.15, 0.2) is 17.5 Å². The Morgan fingerprint density at radius 1 is 1.06 bits per heavy atom. The van der Waals surface area contributed by atoms with E-state index in [4.69, 9.17) is 13.2 Å². The van der Waals surface area contributed by atoms with Gasteiger partial charge in [0.1, 0.15) is 35.9 Å². The Bertz CT molecular complexity index is 2020. The molecule has 5 atom stereocenters. The number of ether oxygens (including phenoxy) is 1. The first-order valence-electron chi connectivity index (χ1n) is 17.1. The Kier molecular flexibility index (Phi) is 7.01. The molecule has 0 bridgehead atoms. The standard InChI is InChI=1S/C34H33F7N6O/c35-17-12-34(5-3-6-46(34)14-17)15-48-33-44-30-22(32(45-33)47-7-2-1-4-19-27(40)31(19)47)13-43-29(28(30)41)21-10-18(42)8-16-9-23(36)26(39)20(25(16)21)11-24(37)38/h8-10,13,17,19,24,27,31H,1-7,11-12,14-15,42H2/t17-,19+,27+,31+,34+/m1/s1/i15D2. The number of aromatic nitrogens is 3. The first-order valence-corrected chi connectivity index (χ1v) is 16.1. The van der Waals surface area contributed by atoms with Crippen LogP contribution in [0, 0.1) is 23.4 Å². The number of rotatable bonds is 7. The zero-order chi connectivity index (χ0) is 35.3. The summed E-state index contributed by atoms with van der Waals surface area (Å²) in [5.41, 5.74) is 2.96. The van der Waals surface area contributed by atoms with Crippen molar-refractivity contribution in [1.82, 2.24) is 19.9 Å². The molecule has 5 heterocycles. The van der Waals surface area contributed by atoms with Crippen LogP contribution in [0.5, 0.6) is 6.01 Å². The average Bonchev–Trinajstić information content (AvgIpc) is 3.40. The van der Waals surface area contributed by atoms with Crippen LogP contribution in [0.2, 0.25) is 0 Å². The van der Waals surface area contributed by atoms with Crippen molar-refractivity contribution in [3.05, 3.63) is 47.4 Å². The summed E-state index contributed by atoms with van der Waals surface area (Å²) in [4.78, 5) is 16.5. The third-order valence-corrected chi connectivity index (χ3v) is 10.3. The highest BCUT2D eigenvalue weighted by Crippen LogP contribution is 2.48. The van der Waals surface area contributed by atoms with Gasteiger partial charge in [-0.1, -0.05) is 6.42 Å². The Morgan fingerprint density at radius 3 is 2.71 bits per heavy atom. The molecule has 0 radical (unpaired) electrons. The lowest BCUT2D eigenvalue weighted by Crippen LogP contribution is -2.43. The Labute approximate surface area is 274 Å². The van der Waals surface area contributed by atoms with Crippen LogP contribution >= 0.6 is 0 Å². The van der Waals surface area contributed by atoms with E-state index in [1.807, 2.05) is 0 Å². The summed E-state index contributed by atoms with van der Waals surface area (Å²) in [6.45, 7) is -1.66. The number of benzene rings is 2. The van der Waals surface area contributed by atoms with Crippen LogP contribution in [0.3, 0.4) is 0 Å². The first kappa shape index (κ1) is 29.0. The molecule has 4 aliphatic rings. The number of alkyl halides is 4. The second kappa shape index (κ2) is 11.6. The third kappa shape index (κ3) is 5.09. The lowest BCUT2D eigenvalue weighted by atomic mass is 9.93. The Hall–Kier alpha value is -3.94. The van der Waals surface area contributed by atoms with Crippen molar-refractivity contribution in [3.8, 4) is 17.3 Å². The minimum atomic E-state index is -3.07. The van der Waals surface area contributed by atoms with Crippen LogP contribution in [-0.4, -0.2) is 76.4 Å². The number of anilines is 2. The highest BCUT2D eigenvalue weighted by molar-refractivity contribution is 6.02.